The van der Waals surface area contributed by atoms with Gasteiger partial charge in [-0.05, 0) is 30.9 Å². The van der Waals surface area contributed by atoms with Crippen molar-refractivity contribution in [2.24, 2.45) is 0 Å². The molecule has 1 fully saturated rings. The lowest BCUT2D eigenvalue weighted by molar-refractivity contribution is -0.000275. The molecule has 2 rings (SSSR count). The van der Waals surface area contributed by atoms with E-state index < -0.39 is 5.60 Å². The first kappa shape index (κ1) is 12.9. The predicted molar refractivity (Wildman–Crippen MR) is 71.6 cm³/mol. The highest BCUT2D eigenvalue weighted by Gasteiger charge is 2.34. The van der Waals surface area contributed by atoms with Crippen molar-refractivity contribution in [3.63, 3.8) is 0 Å². The van der Waals surface area contributed by atoms with Crippen LogP contribution in [0.3, 0.4) is 0 Å². The number of amides is 1. The molecule has 0 aliphatic carbocycles. The second kappa shape index (κ2) is 4.63. The minimum atomic E-state index is -0.399. The fourth-order valence-corrected chi connectivity index (χ4v) is 2.32. The van der Waals surface area contributed by atoms with Crippen molar-refractivity contribution in [2.45, 2.75) is 51.7 Å². The molecule has 1 saturated heterocycles. The summed E-state index contributed by atoms with van der Waals surface area (Å²) in [7, 11) is 0. The Morgan fingerprint density at radius 3 is 2.39 bits per heavy atom. The molecule has 1 unspecified atom stereocenters. The fourth-order valence-electron chi connectivity index (χ4n) is 2.32. The molecule has 98 valence electrons. The predicted octanol–water partition coefficient (Wildman–Crippen LogP) is 3.76. The van der Waals surface area contributed by atoms with Crippen LogP contribution in [0.15, 0.2) is 24.3 Å². The first-order valence-electron chi connectivity index (χ1n) is 6.47. The third-order valence-corrected chi connectivity index (χ3v) is 3.36. The zero-order valence-corrected chi connectivity index (χ0v) is 11.5. The van der Waals surface area contributed by atoms with Crippen LogP contribution in [0.4, 0.5) is 4.79 Å². The van der Waals surface area contributed by atoms with E-state index in [0.717, 1.165) is 12.0 Å². The van der Waals surface area contributed by atoms with Crippen LogP contribution in [0.25, 0.3) is 0 Å². The maximum absolute atomic E-state index is 11.5. The minimum Gasteiger partial charge on any atom is -0.443 e. The summed E-state index contributed by atoms with van der Waals surface area (Å²) in [6, 6.07) is 8.51. The summed E-state index contributed by atoms with van der Waals surface area (Å²) in [5.74, 6) is 0.528. The molecule has 1 aromatic carbocycles. The maximum Gasteiger partial charge on any atom is 0.408 e. The molecule has 0 radical (unpaired) electrons. The molecule has 0 aromatic heterocycles. The molecule has 1 amide bonds. The lowest BCUT2D eigenvalue weighted by Gasteiger charge is -2.35. The summed E-state index contributed by atoms with van der Waals surface area (Å²) in [6.07, 6.45) is 0.462. The van der Waals surface area contributed by atoms with Gasteiger partial charge in [0.1, 0.15) is 5.60 Å². The number of rotatable bonds is 2. The van der Waals surface area contributed by atoms with Crippen molar-refractivity contribution in [1.82, 2.24) is 5.32 Å². The Labute approximate surface area is 109 Å². The van der Waals surface area contributed by atoms with Gasteiger partial charge in [-0.15, -0.1) is 0 Å². The minimum absolute atomic E-state index is 0.0439. The monoisotopic (exact) mass is 247 g/mol. The molecule has 0 saturated carbocycles. The number of hydrogen-bond acceptors (Lipinski definition) is 2. The third-order valence-electron chi connectivity index (χ3n) is 3.36. The molecule has 0 bridgehead atoms. The summed E-state index contributed by atoms with van der Waals surface area (Å²) in [4.78, 5) is 11.5. The Bertz CT molecular complexity index is 434. The number of hydrogen-bond donors (Lipinski definition) is 1. The van der Waals surface area contributed by atoms with Crippen LogP contribution in [0.2, 0.25) is 0 Å². The van der Waals surface area contributed by atoms with Gasteiger partial charge in [-0.25, -0.2) is 4.79 Å². The number of alkyl carbamates (subject to hydrolysis) is 1. The largest absolute Gasteiger partial charge is 0.443 e. The molecule has 1 atom stereocenters. The highest BCUT2D eigenvalue weighted by atomic mass is 16.6. The number of benzene rings is 1. The smallest absolute Gasteiger partial charge is 0.408 e. The van der Waals surface area contributed by atoms with Gasteiger partial charge in [-0.3, -0.25) is 0 Å². The number of cyclic esters (lactones) is 1. The molecule has 3 heteroatoms. The third kappa shape index (κ3) is 2.84. The van der Waals surface area contributed by atoms with Crippen molar-refractivity contribution in [3.05, 3.63) is 35.4 Å². The highest BCUT2D eigenvalue weighted by Crippen LogP contribution is 2.31. The quantitative estimate of drug-likeness (QED) is 0.864. The van der Waals surface area contributed by atoms with Gasteiger partial charge >= 0.3 is 6.09 Å². The van der Waals surface area contributed by atoms with Crippen molar-refractivity contribution < 1.29 is 9.53 Å². The molecule has 18 heavy (non-hydrogen) atoms. The number of ether oxygens (including phenoxy) is 1. The summed E-state index contributed by atoms with van der Waals surface area (Å²) in [5.41, 5.74) is 2.06. The second-order valence-corrected chi connectivity index (χ2v) is 5.87. The standard InChI is InChI=1S/C15H21NO2/c1-10(2)11-5-7-12(8-6-11)13-9-15(3,4)18-14(17)16-13/h5-8,10,13H,9H2,1-4H3,(H,16,17). The summed E-state index contributed by atoms with van der Waals surface area (Å²) in [5, 5.41) is 2.88. The molecular formula is C15H21NO2. The molecule has 3 nitrogen and oxygen atoms in total. The molecule has 1 aliphatic rings. The lowest BCUT2D eigenvalue weighted by atomic mass is 9.91. The van der Waals surface area contributed by atoms with Crippen LogP contribution < -0.4 is 5.32 Å². The summed E-state index contributed by atoms with van der Waals surface area (Å²) < 4.78 is 5.24. The van der Waals surface area contributed by atoms with E-state index in [4.69, 9.17) is 4.74 Å². The van der Waals surface area contributed by atoms with Crippen LogP contribution in [0.5, 0.6) is 0 Å². The van der Waals surface area contributed by atoms with Crippen LogP contribution in [0.1, 0.15) is 57.2 Å². The topological polar surface area (TPSA) is 38.3 Å². The molecule has 1 aromatic rings. The Balaban J connectivity index is 2.18. The van der Waals surface area contributed by atoms with E-state index >= 15 is 0 Å². The van der Waals surface area contributed by atoms with Gasteiger partial charge in [0.05, 0.1) is 6.04 Å². The molecule has 0 spiro atoms. The Hall–Kier alpha value is -1.51. The van der Waals surface area contributed by atoms with Crippen LogP contribution in [-0.4, -0.2) is 11.7 Å². The van der Waals surface area contributed by atoms with E-state index in [9.17, 15) is 4.79 Å². The zero-order valence-electron chi connectivity index (χ0n) is 11.5. The second-order valence-electron chi connectivity index (χ2n) is 5.87. The van der Waals surface area contributed by atoms with Crippen LogP contribution in [0, 0.1) is 0 Å². The van der Waals surface area contributed by atoms with Crippen molar-refractivity contribution in [1.29, 1.82) is 0 Å². The van der Waals surface area contributed by atoms with E-state index in [2.05, 4.69) is 43.4 Å². The summed E-state index contributed by atoms with van der Waals surface area (Å²) >= 11 is 0. The van der Waals surface area contributed by atoms with Gasteiger partial charge < -0.3 is 10.1 Å². The van der Waals surface area contributed by atoms with Gasteiger partial charge in [0.15, 0.2) is 0 Å². The van der Waals surface area contributed by atoms with Crippen molar-refractivity contribution >= 4 is 6.09 Å². The SMILES string of the molecule is CC(C)c1ccc(C2CC(C)(C)OC(=O)N2)cc1. The first-order valence-corrected chi connectivity index (χ1v) is 6.47. The normalized spacial score (nSPS) is 22.5. The van der Waals surface area contributed by atoms with E-state index in [1.54, 1.807) is 0 Å². The van der Waals surface area contributed by atoms with E-state index in [1.807, 2.05) is 13.8 Å². The highest BCUT2D eigenvalue weighted by molar-refractivity contribution is 5.69. The van der Waals surface area contributed by atoms with Gasteiger partial charge in [0, 0.05) is 6.42 Å². The first-order chi connectivity index (χ1) is 8.37. The van der Waals surface area contributed by atoms with Crippen LogP contribution in [-0.2, 0) is 4.74 Å². The average molecular weight is 247 g/mol. The molecular weight excluding hydrogens is 226 g/mol. The summed E-state index contributed by atoms with van der Waals surface area (Å²) in [6.45, 7) is 8.24. The Kier molecular flexibility index (Phi) is 3.33. The molecule has 1 heterocycles. The molecule has 1 N–H and O–H groups in total. The zero-order chi connectivity index (χ0) is 13.3. The van der Waals surface area contributed by atoms with Gasteiger partial charge in [-0.1, -0.05) is 38.1 Å². The van der Waals surface area contributed by atoms with Gasteiger partial charge in [0.2, 0.25) is 0 Å². The van der Waals surface area contributed by atoms with E-state index in [1.165, 1.54) is 5.56 Å². The average Bonchev–Trinajstić information content (AvgIpc) is 2.26. The Morgan fingerprint density at radius 2 is 1.89 bits per heavy atom. The Morgan fingerprint density at radius 1 is 1.28 bits per heavy atom. The number of carbonyl (C=O) groups is 1. The lowest BCUT2D eigenvalue weighted by Crippen LogP contribution is -2.45. The number of carbonyl (C=O) groups excluding carboxylic acids is 1. The fraction of sp³-hybridized carbons (Fsp3) is 0.533. The van der Waals surface area contributed by atoms with E-state index in [0.29, 0.717) is 5.92 Å². The van der Waals surface area contributed by atoms with Crippen LogP contribution >= 0.6 is 0 Å². The van der Waals surface area contributed by atoms with Crippen molar-refractivity contribution in [2.75, 3.05) is 0 Å². The number of nitrogens with one attached hydrogen (secondary N) is 1. The van der Waals surface area contributed by atoms with E-state index in [-0.39, 0.29) is 12.1 Å². The van der Waals surface area contributed by atoms with Gasteiger partial charge in [0.25, 0.3) is 0 Å². The van der Waals surface area contributed by atoms with Crippen molar-refractivity contribution in [3.8, 4) is 0 Å². The van der Waals surface area contributed by atoms with Gasteiger partial charge in [-0.2, -0.15) is 0 Å². The maximum atomic E-state index is 11.5. The molecule has 1 aliphatic heterocycles.